The summed E-state index contributed by atoms with van der Waals surface area (Å²) in [5.74, 6) is -0.0194. The van der Waals surface area contributed by atoms with Crippen LogP contribution in [0.5, 0.6) is 0 Å². The first-order valence-corrected chi connectivity index (χ1v) is 6.17. The highest BCUT2D eigenvalue weighted by molar-refractivity contribution is 9.10. The molecule has 1 aromatic rings. The summed E-state index contributed by atoms with van der Waals surface area (Å²) in [7, 11) is 0. The summed E-state index contributed by atoms with van der Waals surface area (Å²) >= 11 is 3.25. The normalized spacial score (nSPS) is 14.4. The van der Waals surface area contributed by atoms with E-state index in [1.807, 2.05) is 6.07 Å². The summed E-state index contributed by atoms with van der Waals surface area (Å²) in [6.07, 6.45) is 2.28. The summed E-state index contributed by atoms with van der Waals surface area (Å²) in [4.78, 5) is 11.9. The summed E-state index contributed by atoms with van der Waals surface area (Å²) in [5, 5.41) is 12.0. The number of hydrogen-bond donors (Lipinski definition) is 2. The molecule has 5 heteroatoms. The van der Waals surface area contributed by atoms with Crippen molar-refractivity contribution in [2.24, 2.45) is 0 Å². The average molecular weight is 294 g/mol. The van der Waals surface area contributed by atoms with Crippen molar-refractivity contribution in [2.75, 3.05) is 12.3 Å². The van der Waals surface area contributed by atoms with Crippen molar-refractivity contribution in [3.8, 4) is 6.07 Å². The Bertz CT molecular complexity index is 503. The van der Waals surface area contributed by atoms with Crippen LogP contribution in [-0.4, -0.2) is 18.4 Å². The van der Waals surface area contributed by atoms with Gasteiger partial charge in [0.2, 0.25) is 0 Å². The number of nitrogens with one attached hydrogen (secondary N) is 1. The van der Waals surface area contributed by atoms with E-state index in [1.54, 1.807) is 6.07 Å². The van der Waals surface area contributed by atoms with Crippen LogP contribution < -0.4 is 11.1 Å². The molecule has 0 unspecified atom stereocenters. The van der Waals surface area contributed by atoms with Gasteiger partial charge in [-0.1, -0.05) is 0 Å². The molecule has 1 fully saturated rings. The van der Waals surface area contributed by atoms with Crippen molar-refractivity contribution in [3.05, 3.63) is 27.7 Å². The first kappa shape index (κ1) is 12.1. The topological polar surface area (TPSA) is 78.9 Å². The standard InChI is InChI=1S/C12H12BrN3O/c13-10-4-7(3-8(5-14)12(10)15)11(17)6-16-9-1-2-9/h3-4,9,16H,1-2,6,15H2. The summed E-state index contributed by atoms with van der Waals surface area (Å²) in [5.41, 5.74) is 6.91. The molecule has 1 aliphatic carbocycles. The van der Waals surface area contributed by atoms with Gasteiger partial charge in [0.25, 0.3) is 0 Å². The third-order valence-corrected chi connectivity index (χ3v) is 3.36. The number of carbonyl (C=O) groups excluding carboxylic acids is 1. The van der Waals surface area contributed by atoms with Gasteiger partial charge in [-0.15, -0.1) is 0 Å². The van der Waals surface area contributed by atoms with Gasteiger partial charge in [0.1, 0.15) is 6.07 Å². The molecule has 0 heterocycles. The van der Waals surface area contributed by atoms with E-state index in [0.717, 1.165) is 12.8 Å². The van der Waals surface area contributed by atoms with Crippen LogP contribution in [0.2, 0.25) is 0 Å². The first-order chi connectivity index (χ1) is 8.11. The number of anilines is 1. The van der Waals surface area contributed by atoms with Gasteiger partial charge < -0.3 is 11.1 Å². The number of nitrogens with zero attached hydrogens (tertiary/aromatic N) is 1. The molecular weight excluding hydrogens is 282 g/mol. The number of nitrogen functional groups attached to an aromatic ring is 1. The zero-order chi connectivity index (χ0) is 12.4. The van der Waals surface area contributed by atoms with Gasteiger partial charge in [-0.25, -0.2) is 0 Å². The lowest BCUT2D eigenvalue weighted by atomic mass is 10.1. The van der Waals surface area contributed by atoms with Crippen LogP contribution >= 0.6 is 15.9 Å². The Hall–Kier alpha value is -1.38. The van der Waals surface area contributed by atoms with Gasteiger partial charge in [-0.2, -0.15) is 5.26 Å². The van der Waals surface area contributed by atoms with Crippen molar-refractivity contribution in [1.29, 1.82) is 5.26 Å². The van der Waals surface area contributed by atoms with Gasteiger partial charge >= 0.3 is 0 Å². The SMILES string of the molecule is N#Cc1cc(C(=O)CNC2CC2)cc(Br)c1N. The Morgan fingerprint density at radius 1 is 1.59 bits per heavy atom. The third kappa shape index (κ3) is 2.84. The highest BCUT2D eigenvalue weighted by atomic mass is 79.9. The fraction of sp³-hybridized carbons (Fsp3) is 0.333. The smallest absolute Gasteiger partial charge is 0.176 e. The van der Waals surface area contributed by atoms with Gasteiger partial charge in [0.05, 0.1) is 17.8 Å². The van der Waals surface area contributed by atoms with Crippen molar-refractivity contribution in [2.45, 2.75) is 18.9 Å². The van der Waals surface area contributed by atoms with Gasteiger partial charge in [0, 0.05) is 16.1 Å². The minimum Gasteiger partial charge on any atom is -0.397 e. The number of nitrogens with two attached hydrogens (primary N) is 1. The van der Waals surface area contributed by atoms with E-state index in [0.29, 0.717) is 33.9 Å². The number of carbonyl (C=O) groups is 1. The molecule has 0 bridgehead atoms. The maximum Gasteiger partial charge on any atom is 0.176 e. The lowest BCUT2D eigenvalue weighted by Gasteiger charge is -2.06. The van der Waals surface area contributed by atoms with Crippen molar-refractivity contribution in [1.82, 2.24) is 5.32 Å². The molecule has 0 saturated heterocycles. The molecule has 0 atom stereocenters. The summed E-state index contributed by atoms with van der Waals surface area (Å²) in [6.45, 7) is 0.311. The number of ketones is 1. The highest BCUT2D eigenvalue weighted by Gasteiger charge is 2.21. The molecule has 4 nitrogen and oxygen atoms in total. The molecule has 0 aliphatic heterocycles. The van der Waals surface area contributed by atoms with Crippen molar-refractivity contribution in [3.63, 3.8) is 0 Å². The van der Waals surface area contributed by atoms with E-state index in [4.69, 9.17) is 11.0 Å². The Labute approximate surface area is 108 Å². The molecule has 0 aromatic heterocycles. The maximum absolute atomic E-state index is 11.9. The van der Waals surface area contributed by atoms with Crippen LogP contribution in [0.3, 0.4) is 0 Å². The molecule has 1 aliphatic rings. The number of Topliss-reactive ketones (excluding diaryl/α,β-unsaturated/α-hetero) is 1. The number of halogens is 1. The number of hydrogen-bond acceptors (Lipinski definition) is 4. The Kier molecular flexibility index (Phi) is 3.46. The number of benzene rings is 1. The van der Waals surface area contributed by atoms with E-state index in [2.05, 4.69) is 21.2 Å². The Morgan fingerprint density at radius 2 is 2.29 bits per heavy atom. The van der Waals surface area contributed by atoms with Crippen LogP contribution in [0, 0.1) is 11.3 Å². The van der Waals surface area contributed by atoms with E-state index in [9.17, 15) is 4.79 Å². The lowest BCUT2D eigenvalue weighted by Crippen LogP contribution is -2.25. The second-order valence-corrected chi connectivity index (χ2v) is 4.96. The Morgan fingerprint density at radius 3 is 2.88 bits per heavy atom. The molecular formula is C12H12BrN3O. The fourth-order valence-corrected chi connectivity index (χ4v) is 1.96. The van der Waals surface area contributed by atoms with Crippen LogP contribution in [0.1, 0.15) is 28.8 Å². The quantitative estimate of drug-likeness (QED) is 0.656. The van der Waals surface area contributed by atoms with E-state index in [1.165, 1.54) is 6.07 Å². The van der Waals surface area contributed by atoms with Gasteiger partial charge in [0.15, 0.2) is 5.78 Å². The zero-order valence-electron chi connectivity index (χ0n) is 9.16. The van der Waals surface area contributed by atoms with E-state index < -0.39 is 0 Å². The van der Waals surface area contributed by atoms with Gasteiger partial charge in [-0.05, 0) is 40.9 Å². The largest absolute Gasteiger partial charge is 0.397 e. The second kappa shape index (κ2) is 4.86. The molecule has 1 aromatic carbocycles. The van der Waals surface area contributed by atoms with E-state index in [-0.39, 0.29) is 5.78 Å². The maximum atomic E-state index is 11.9. The molecule has 17 heavy (non-hydrogen) atoms. The first-order valence-electron chi connectivity index (χ1n) is 5.37. The van der Waals surface area contributed by atoms with Crippen molar-refractivity contribution < 1.29 is 4.79 Å². The van der Waals surface area contributed by atoms with Crippen LogP contribution in [0.4, 0.5) is 5.69 Å². The molecule has 88 valence electrons. The number of nitriles is 1. The monoisotopic (exact) mass is 293 g/mol. The molecule has 1 saturated carbocycles. The lowest BCUT2D eigenvalue weighted by molar-refractivity contribution is 0.0990. The zero-order valence-corrected chi connectivity index (χ0v) is 10.8. The van der Waals surface area contributed by atoms with Crippen LogP contribution in [0.25, 0.3) is 0 Å². The second-order valence-electron chi connectivity index (χ2n) is 4.11. The summed E-state index contributed by atoms with van der Waals surface area (Å²) in [6, 6.07) is 5.67. The Balaban J connectivity index is 2.16. The predicted molar refractivity (Wildman–Crippen MR) is 68.6 cm³/mol. The molecule has 0 amide bonds. The minimum atomic E-state index is -0.0194. The average Bonchev–Trinajstić information content (AvgIpc) is 3.13. The van der Waals surface area contributed by atoms with Crippen LogP contribution in [0.15, 0.2) is 16.6 Å². The van der Waals surface area contributed by atoms with Crippen LogP contribution in [-0.2, 0) is 0 Å². The highest BCUT2D eigenvalue weighted by Crippen LogP contribution is 2.25. The summed E-state index contributed by atoms with van der Waals surface area (Å²) < 4.78 is 0.589. The minimum absolute atomic E-state index is 0.0194. The molecule has 0 spiro atoms. The molecule has 2 rings (SSSR count). The molecule has 0 radical (unpaired) electrons. The number of rotatable bonds is 4. The molecule has 3 N–H and O–H groups in total. The van der Waals surface area contributed by atoms with E-state index >= 15 is 0 Å². The third-order valence-electron chi connectivity index (χ3n) is 2.70. The van der Waals surface area contributed by atoms with Gasteiger partial charge in [-0.3, -0.25) is 4.79 Å². The van der Waals surface area contributed by atoms with Crippen molar-refractivity contribution >= 4 is 27.4 Å². The fourth-order valence-electron chi connectivity index (χ4n) is 1.50. The predicted octanol–water partition coefficient (Wildman–Crippen LogP) is 1.84.